The molecule has 0 spiro atoms. The Bertz CT molecular complexity index is 211. The Hall–Kier alpha value is -0.120. The molecule has 86 valence electrons. The lowest BCUT2D eigenvalue weighted by Gasteiger charge is -2.31. The van der Waals surface area contributed by atoms with Gasteiger partial charge < -0.3 is 5.32 Å². The van der Waals surface area contributed by atoms with Gasteiger partial charge in [-0.05, 0) is 45.3 Å². The van der Waals surface area contributed by atoms with Gasteiger partial charge in [0.15, 0.2) is 0 Å². The molecule has 15 heavy (non-hydrogen) atoms. The summed E-state index contributed by atoms with van der Waals surface area (Å²) in [6, 6.07) is 1.79. The van der Waals surface area contributed by atoms with Crippen LogP contribution in [0.15, 0.2) is 0 Å². The Kier molecular flexibility index (Phi) is 2.95. The van der Waals surface area contributed by atoms with Crippen molar-refractivity contribution in [3.8, 4) is 0 Å². The van der Waals surface area contributed by atoms with Crippen molar-refractivity contribution in [1.29, 1.82) is 0 Å². The normalized spacial score (nSPS) is 39.2. The van der Waals surface area contributed by atoms with Crippen molar-refractivity contribution in [2.75, 3.05) is 39.3 Å². The van der Waals surface area contributed by atoms with Crippen molar-refractivity contribution in [1.82, 2.24) is 15.1 Å². The van der Waals surface area contributed by atoms with Gasteiger partial charge in [0.1, 0.15) is 0 Å². The molecule has 3 aliphatic rings. The first kappa shape index (κ1) is 10.1. The van der Waals surface area contributed by atoms with Crippen LogP contribution in [0.1, 0.15) is 25.7 Å². The van der Waals surface area contributed by atoms with Crippen molar-refractivity contribution < 1.29 is 0 Å². The first-order valence-electron chi connectivity index (χ1n) is 6.64. The van der Waals surface area contributed by atoms with Gasteiger partial charge in [0.05, 0.1) is 0 Å². The minimum atomic E-state index is 0.882. The van der Waals surface area contributed by atoms with Gasteiger partial charge in [0.2, 0.25) is 0 Å². The number of nitrogens with zero attached hydrogens (tertiary/aromatic N) is 2. The van der Waals surface area contributed by atoms with Gasteiger partial charge in [0.25, 0.3) is 0 Å². The van der Waals surface area contributed by atoms with Gasteiger partial charge >= 0.3 is 0 Å². The highest BCUT2D eigenvalue weighted by Crippen LogP contribution is 2.31. The van der Waals surface area contributed by atoms with E-state index in [9.17, 15) is 0 Å². The average Bonchev–Trinajstić information content (AvgIpc) is 2.74. The molecule has 0 aromatic carbocycles. The van der Waals surface area contributed by atoms with Gasteiger partial charge in [-0.1, -0.05) is 0 Å². The maximum Gasteiger partial charge on any atom is 0.0264 e. The van der Waals surface area contributed by atoms with Gasteiger partial charge in [-0.2, -0.15) is 0 Å². The lowest BCUT2D eigenvalue weighted by molar-refractivity contribution is 0.169. The summed E-state index contributed by atoms with van der Waals surface area (Å²) < 4.78 is 0. The SMILES string of the molecule is C1CNCCN(C2CCN3CCCC23)C1. The Morgan fingerprint density at radius 2 is 1.53 bits per heavy atom. The van der Waals surface area contributed by atoms with Crippen LogP contribution in [0.25, 0.3) is 0 Å². The molecule has 0 aliphatic carbocycles. The molecule has 0 radical (unpaired) electrons. The van der Waals surface area contributed by atoms with Crippen LogP contribution in [0.5, 0.6) is 0 Å². The highest BCUT2D eigenvalue weighted by atomic mass is 15.3. The molecule has 0 saturated carbocycles. The van der Waals surface area contributed by atoms with Crippen LogP contribution in [-0.4, -0.2) is 61.2 Å². The smallest absolute Gasteiger partial charge is 0.0264 e. The zero-order valence-electron chi connectivity index (χ0n) is 9.62. The first-order chi connectivity index (χ1) is 7.45. The summed E-state index contributed by atoms with van der Waals surface area (Å²) in [6.07, 6.45) is 5.65. The van der Waals surface area contributed by atoms with Crippen molar-refractivity contribution in [3.05, 3.63) is 0 Å². The summed E-state index contributed by atoms with van der Waals surface area (Å²) in [4.78, 5) is 5.49. The van der Waals surface area contributed by atoms with Crippen LogP contribution in [-0.2, 0) is 0 Å². The highest BCUT2D eigenvalue weighted by Gasteiger charge is 2.39. The third-order valence-corrected chi connectivity index (χ3v) is 4.41. The quantitative estimate of drug-likeness (QED) is 0.679. The topological polar surface area (TPSA) is 18.5 Å². The fourth-order valence-corrected chi connectivity index (χ4v) is 3.68. The molecule has 3 nitrogen and oxygen atoms in total. The minimum Gasteiger partial charge on any atom is -0.315 e. The molecular formula is C12H23N3. The van der Waals surface area contributed by atoms with Crippen LogP contribution in [0, 0.1) is 0 Å². The fraction of sp³-hybridized carbons (Fsp3) is 1.00. The largest absolute Gasteiger partial charge is 0.315 e. The molecule has 3 fully saturated rings. The van der Waals surface area contributed by atoms with Crippen molar-refractivity contribution in [2.24, 2.45) is 0 Å². The molecule has 3 heterocycles. The van der Waals surface area contributed by atoms with Crippen LogP contribution < -0.4 is 5.32 Å². The van der Waals surface area contributed by atoms with Crippen LogP contribution in [0.4, 0.5) is 0 Å². The predicted molar refractivity (Wildman–Crippen MR) is 62.1 cm³/mol. The van der Waals surface area contributed by atoms with E-state index < -0.39 is 0 Å². The summed E-state index contributed by atoms with van der Waals surface area (Å²) in [5.41, 5.74) is 0. The molecule has 0 bridgehead atoms. The average molecular weight is 209 g/mol. The zero-order chi connectivity index (χ0) is 10.1. The minimum absolute atomic E-state index is 0.882. The van der Waals surface area contributed by atoms with Gasteiger partial charge in [0, 0.05) is 31.7 Å². The van der Waals surface area contributed by atoms with E-state index in [0.29, 0.717) is 0 Å². The number of nitrogens with one attached hydrogen (secondary N) is 1. The number of hydrogen-bond donors (Lipinski definition) is 1. The Morgan fingerprint density at radius 1 is 0.733 bits per heavy atom. The van der Waals surface area contributed by atoms with Crippen LogP contribution in [0.3, 0.4) is 0 Å². The predicted octanol–water partition coefficient (Wildman–Crippen LogP) is 0.518. The maximum absolute atomic E-state index is 3.51. The van der Waals surface area contributed by atoms with E-state index in [4.69, 9.17) is 0 Å². The summed E-state index contributed by atoms with van der Waals surface area (Å²) >= 11 is 0. The number of rotatable bonds is 1. The zero-order valence-corrected chi connectivity index (χ0v) is 9.62. The monoisotopic (exact) mass is 209 g/mol. The van der Waals surface area contributed by atoms with Crippen molar-refractivity contribution in [3.63, 3.8) is 0 Å². The highest BCUT2D eigenvalue weighted by molar-refractivity contribution is 4.97. The second kappa shape index (κ2) is 4.40. The molecule has 3 saturated heterocycles. The standard InChI is InChI=1S/C12H23N3/c1-3-11-12(4-9-14(11)7-1)15-8-2-5-13-6-10-15/h11-13H,1-10H2. The number of hydrogen-bond acceptors (Lipinski definition) is 3. The molecular weight excluding hydrogens is 186 g/mol. The molecule has 1 N–H and O–H groups in total. The molecule has 3 rings (SSSR count). The van der Waals surface area contributed by atoms with Gasteiger partial charge in [-0.25, -0.2) is 0 Å². The molecule has 2 atom stereocenters. The van der Waals surface area contributed by atoms with Crippen molar-refractivity contribution >= 4 is 0 Å². The van der Waals surface area contributed by atoms with Crippen molar-refractivity contribution in [2.45, 2.75) is 37.8 Å². The molecule has 0 aromatic heterocycles. The molecule has 2 unspecified atom stereocenters. The Balaban J connectivity index is 1.65. The summed E-state index contributed by atoms with van der Waals surface area (Å²) in [7, 11) is 0. The fourth-order valence-electron chi connectivity index (χ4n) is 3.68. The van der Waals surface area contributed by atoms with Gasteiger partial charge in [-0.3, -0.25) is 9.80 Å². The Labute approximate surface area is 92.8 Å². The maximum atomic E-state index is 3.51. The molecule has 3 aliphatic heterocycles. The van der Waals surface area contributed by atoms with Gasteiger partial charge in [-0.15, -0.1) is 0 Å². The van der Waals surface area contributed by atoms with E-state index in [1.165, 1.54) is 65.0 Å². The van der Waals surface area contributed by atoms with E-state index in [1.807, 2.05) is 0 Å². The van der Waals surface area contributed by atoms with Crippen LogP contribution >= 0.6 is 0 Å². The van der Waals surface area contributed by atoms with E-state index >= 15 is 0 Å². The second-order valence-corrected chi connectivity index (χ2v) is 5.24. The lowest BCUT2D eigenvalue weighted by atomic mass is 10.0. The van der Waals surface area contributed by atoms with E-state index in [-0.39, 0.29) is 0 Å². The lowest BCUT2D eigenvalue weighted by Crippen LogP contribution is -2.44. The Morgan fingerprint density at radius 3 is 2.53 bits per heavy atom. The van der Waals surface area contributed by atoms with E-state index in [1.54, 1.807) is 0 Å². The number of fused-ring (bicyclic) bond motifs is 1. The summed E-state index contributed by atoms with van der Waals surface area (Å²) in [6.45, 7) is 7.74. The second-order valence-electron chi connectivity index (χ2n) is 5.24. The molecule has 3 heteroatoms. The van der Waals surface area contributed by atoms with Crippen LogP contribution in [0.2, 0.25) is 0 Å². The summed E-state index contributed by atoms with van der Waals surface area (Å²) in [5.74, 6) is 0. The third kappa shape index (κ3) is 1.93. The first-order valence-corrected chi connectivity index (χ1v) is 6.64. The molecule has 0 amide bonds. The molecule has 0 aromatic rings. The summed E-state index contributed by atoms with van der Waals surface area (Å²) in [5, 5.41) is 3.51. The van der Waals surface area contributed by atoms with E-state index in [2.05, 4.69) is 15.1 Å². The van der Waals surface area contributed by atoms with E-state index in [0.717, 1.165) is 12.1 Å². The third-order valence-electron chi connectivity index (χ3n) is 4.41.